The molecule has 2 aliphatic rings. The molecule has 106 valence electrons. The summed E-state index contributed by atoms with van der Waals surface area (Å²) in [5, 5.41) is 0. The van der Waals surface area contributed by atoms with E-state index in [4.69, 9.17) is 4.74 Å². The van der Waals surface area contributed by atoms with Gasteiger partial charge in [0.25, 0.3) is 0 Å². The highest BCUT2D eigenvalue weighted by Crippen LogP contribution is 2.40. The van der Waals surface area contributed by atoms with Gasteiger partial charge in [-0.05, 0) is 62.7 Å². The van der Waals surface area contributed by atoms with Crippen molar-refractivity contribution in [2.75, 3.05) is 6.61 Å². The maximum atomic E-state index is 5.98. The molecule has 0 amide bonds. The first-order valence-corrected chi connectivity index (χ1v) is 8.41. The molecule has 0 bridgehead atoms. The van der Waals surface area contributed by atoms with Gasteiger partial charge in [0, 0.05) is 6.61 Å². The molecule has 0 aromatic rings. The van der Waals surface area contributed by atoms with Gasteiger partial charge in [0.05, 0.1) is 6.10 Å². The molecule has 1 nitrogen and oxygen atoms in total. The summed E-state index contributed by atoms with van der Waals surface area (Å²) in [7, 11) is 0. The fraction of sp³-hybridized carbons (Fsp3) is 1.00. The number of ether oxygens (including phenoxy) is 1. The van der Waals surface area contributed by atoms with Crippen molar-refractivity contribution in [3.63, 3.8) is 0 Å². The average Bonchev–Trinajstić information content (AvgIpc) is 2.41. The second-order valence-corrected chi connectivity index (χ2v) is 6.78. The Morgan fingerprint density at radius 3 is 1.94 bits per heavy atom. The molecule has 2 saturated carbocycles. The lowest BCUT2D eigenvalue weighted by atomic mass is 9.71. The van der Waals surface area contributed by atoms with E-state index in [2.05, 4.69) is 13.8 Å². The molecule has 1 heteroatoms. The second kappa shape index (κ2) is 7.53. The Balaban J connectivity index is 1.63. The first-order valence-electron chi connectivity index (χ1n) is 8.41. The monoisotopic (exact) mass is 252 g/mol. The number of unbranched alkanes of at least 4 members (excludes halogenated alkanes) is 1. The molecule has 0 unspecified atom stereocenters. The number of hydrogen-bond acceptors (Lipinski definition) is 1. The Kier molecular flexibility index (Phi) is 6.01. The smallest absolute Gasteiger partial charge is 0.0575 e. The van der Waals surface area contributed by atoms with Crippen LogP contribution in [-0.4, -0.2) is 12.7 Å². The van der Waals surface area contributed by atoms with E-state index in [1.54, 1.807) is 0 Å². The van der Waals surface area contributed by atoms with E-state index in [-0.39, 0.29) is 0 Å². The van der Waals surface area contributed by atoms with Crippen LogP contribution >= 0.6 is 0 Å². The zero-order valence-corrected chi connectivity index (χ0v) is 12.5. The Labute approximate surface area is 114 Å². The van der Waals surface area contributed by atoms with Crippen LogP contribution in [-0.2, 0) is 4.74 Å². The minimum Gasteiger partial charge on any atom is -0.378 e. The summed E-state index contributed by atoms with van der Waals surface area (Å²) in [5.74, 6) is 3.08. The van der Waals surface area contributed by atoms with Crippen LogP contribution in [0.1, 0.15) is 78.1 Å². The predicted molar refractivity (Wildman–Crippen MR) is 77.7 cm³/mol. The lowest BCUT2D eigenvalue weighted by Gasteiger charge is -2.37. The van der Waals surface area contributed by atoms with Gasteiger partial charge >= 0.3 is 0 Å². The number of rotatable bonds is 5. The molecule has 18 heavy (non-hydrogen) atoms. The maximum Gasteiger partial charge on any atom is 0.0575 e. The van der Waals surface area contributed by atoms with Crippen LogP contribution in [0.25, 0.3) is 0 Å². The Hall–Kier alpha value is -0.0400. The highest BCUT2D eigenvalue weighted by molar-refractivity contribution is 4.81. The second-order valence-electron chi connectivity index (χ2n) is 6.78. The van der Waals surface area contributed by atoms with Crippen LogP contribution in [0.2, 0.25) is 0 Å². The summed E-state index contributed by atoms with van der Waals surface area (Å²) in [6, 6.07) is 0. The first-order chi connectivity index (χ1) is 8.79. The molecule has 2 rings (SSSR count). The van der Waals surface area contributed by atoms with Crippen LogP contribution in [0, 0.1) is 17.8 Å². The average molecular weight is 252 g/mol. The minimum absolute atomic E-state index is 0.593. The van der Waals surface area contributed by atoms with Gasteiger partial charge in [-0.15, -0.1) is 0 Å². The van der Waals surface area contributed by atoms with E-state index < -0.39 is 0 Å². The normalized spacial score (nSPS) is 37.7. The topological polar surface area (TPSA) is 9.23 Å². The molecule has 0 atom stereocenters. The minimum atomic E-state index is 0.593. The maximum absolute atomic E-state index is 5.98. The molecule has 0 aliphatic heterocycles. The van der Waals surface area contributed by atoms with E-state index in [0.717, 1.165) is 24.4 Å². The van der Waals surface area contributed by atoms with Crippen molar-refractivity contribution in [3.05, 3.63) is 0 Å². The third-order valence-corrected chi connectivity index (χ3v) is 5.30. The SMILES string of the molecule is CCCCOC1CCC(C2CCC(C)CC2)CC1. The van der Waals surface area contributed by atoms with Crippen LogP contribution < -0.4 is 0 Å². The molecule has 0 spiro atoms. The molecule has 0 radical (unpaired) electrons. The lowest BCUT2D eigenvalue weighted by molar-refractivity contribution is 0.00614. The summed E-state index contributed by atoms with van der Waals surface area (Å²) >= 11 is 0. The van der Waals surface area contributed by atoms with Gasteiger partial charge < -0.3 is 4.74 Å². The van der Waals surface area contributed by atoms with E-state index in [1.165, 1.54) is 64.2 Å². The van der Waals surface area contributed by atoms with Gasteiger partial charge in [-0.25, -0.2) is 0 Å². The third kappa shape index (κ3) is 4.26. The van der Waals surface area contributed by atoms with E-state index in [9.17, 15) is 0 Å². The molecule has 2 aliphatic carbocycles. The van der Waals surface area contributed by atoms with Gasteiger partial charge in [0.1, 0.15) is 0 Å². The highest BCUT2D eigenvalue weighted by Gasteiger charge is 2.29. The molecule has 0 aromatic heterocycles. The molecule has 0 aromatic carbocycles. The molecular formula is C17H32O. The van der Waals surface area contributed by atoms with Crippen molar-refractivity contribution < 1.29 is 4.74 Å². The molecule has 2 fully saturated rings. The Morgan fingerprint density at radius 1 is 0.833 bits per heavy atom. The Morgan fingerprint density at radius 2 is 1.39 bits per heavy atom. The van der Waals surface area contributed by atoms with Crippen molar-refractivity contribution in [3.8, 4) is 0 Å². The van der Waals surface area contributed by atoms with E-state index >= 15 is 0 Å². The van der Waals surface area contributed by atoms with Gasteiger partial charge in [0.15, 0.2) is 0 Å². The van der Waals surface area contributed by atoms with Gasteiger partial charge in [-0.1, -0.05) is 33.1 Å². The largest absolute Gasteiger partial charge is 0.378 e. The van der Waals surface area contributed by atoms with Crippen molar-refractivity contribution >= 4 is 0 Å². The third-order valence-electron chi connectivity index (χ3n) is 5.30. The quantitative estimate of drug-likeness (QED) is 0.612. The van der Waals surface area contributed by atoms with Crippen LogP contribution in [0.15, 0.2) is 0 Å². The van der Waals surface area contributed by atoms with Crippen LogP contribution in [0.3, 0.4) is 0 Å². The summed E-state index contributed by atoms with van der Waals surface area (Å²) < 4.78 is 5.98. The lowest BCUT2D eigenvalue weighted by Crippen LogP contribution is -2.28. The zero-order valence-electron chi connectivity index (χ0n) is 12.5. The molecule has 0 N–H and O–H groups in total. The van der Waals surface area contributed by atoms with E-state index in [1.807, 2.05) is 0 Å². The van der Waals surface area contributed by atoms with Crippen LogP contribution in [0.4, 0.5) is 0 Å². The zero-order chi connectivity index (χ0) is 12.8. The van der Waals surface area contributed by atoms with Crippen molar-refractivity contribution in [2.24, 2.45) is 17.8 Å². The van der Waals surface area contributed by atoms with Crippen molar-refractivity contribution in [2.45, 2.75) is 84.2 Å². The summed E-state index contributed by atoms with van der Waals surface area (Å²) in [6.07, 6.45) is 14.6. The van der Waals surface area contributed by atoms with Crippen molar-refractivity contribution in [1.82, 2.24) is 0 Å². The fourth-order valence-corrected chi connectivity index (χ4v) is 3.88. The fourth-order valence-electron chi connectivity index (χ4n) is 3.88. The van der Waals surface area contributed by atoms with Gasteiger partial charge in [0.2, 0.25) is 0 Å². The Bertz CT molecular complexity index is 210. The molecule has 0 heterocycles. The van der Waals surface area contributed by atoms with E-state index in [0.29, 0.717) is 6.10 Å². The van der Waals surface area contributed by atoms with Crippen LogP contribution in [0.5, 0.6) is 0 Å². The molecular weight excluding hydrogens is 220 g/mol. The first kappa shape index (κ1) is 14.4. The van der Waals surface area contributed by atoms with Gasteiger partial charge in [-0.3, -0.25) is 0 Å². The number of hydrogen-bond donors (Lipinski definition) is 0. The predicted octanol–water partition coefficient (Wildman–Crippen LogP) is 5.19. The highest BCUT2D eigenvalue weighted by atomic mass is 16.5. The van der Waals surface area contributed by atoms with Crippen molar-refractivity contribution in [1.29, 1.82) is 0 Å². The standard InChI is InChI=1S/C17H32O/c1-3-4-13-18-17-11-9-16(10-12-17)15-7-5-14(2)6-8-15/h14-17H,3-13H2,1-2H3. The summed E-state index contributed by atoms with van der Waals surface area (Å²) in [6.45, 7) is 5.66. The van der Waals surface area contributed by atoms with Gasteiger partial charge in [-0.2, -0.15) is 0 Å². The molecule has 0 saturated heterocycles. The summed E-state index contributed by atoms with van der Waals surface area (Å²) in [5.41, 5.74) is 0. The summed E-state index contributed by atoms with van der Waals surface area (Å²) in [4.78, 5) is 0.